The standard InChI is InChI=1S/C20H30ClN3OS/c1-22-19(24-17-6-7-18(13-17)26-2)23-14-20(8-10-25-11-9-20)15-4-3-5-16(21)12-15/h3-5,12,17-18H,6-11,13-14H2,1-2H3,(H2,22,23,24). The first-order chi connectivity index (χ1) is 12.6. The van der Waals surface area contributed by atoms with E-state index in [0.29, 0.717) is 6.04 Å². The molecule has 0 amide bonds. The van der Waals surface area contributed by atoms with E-state index < -0.39 is 0 Å². The van der Waals surface area contributed by atoms with Gasteiger partial charge in [-0.1, -0.05) is 23.7 Å². The van der Waals surface area contributed by atoms with E-state index >= 15 is 0 Å². The van der Waals surface area contributed by atoms with Crippen molar-refractivity contribution in [3.05, 3.63) is 34.9 Å². The fourth-order valence-corrected chi connectivity index (χ4v) is 5.06. The van der Waals surface area contributed by atoms with E-state index in [1.807, 2.05) is 30.9 Å². The SMILES string of the molecule is CN=C(NCC1(c2cccc(Cl)c2)CCOCC1)NC1CCC(SC)C1. The zero-order valence-corrected chi connectivity index (χ0v) is 17.3. The molecule has 6 heteroatoms. The molecule has 1 aromatic rings. The first-order valence-corrected chi connectivity index (χ1v) is 11.2. The highest BCUT2D eigenvalue weighted by Gasteiger charge is 2.35. The minimum atomic E-state index is 0.0399. The fourth-order valence-electron chi connectivity index (χ4n) is 4.07. The number of halogens is 1. The van der Waals surface area contributed by atoms with E-state index in [1.54, 1.807) is 0 Å². The van der Waals surface area contributed by atoms with Gasteiger partial charge in [-0.15, -0.1) is 0 Å². The molecule has 2 unspecified atom stereocenters. The number of nitrogens with zero attached hydrogens (tertiary/aromatic N) is 1. The molecule has 1 aromatic carbocycles. The van der Waals surface area contributed by atoms with E-state index in [-0.39, 0.29) is 5.41 Å². The molecule has 2 N–H and O–H groups in total. The Hall–Kier alpha value is -0.910. The molecule has 4 nitrogen and oxygen atoms in total. The fraction of sp³-hybridized carbons (Fsp3) is 0.650. The first kappa shape index (κ1) is 19.8. The van der Waals surface area contributed by atoms with Crippen molar-refractivity contribution in [2.45, 2.75) is 48.8 Å². The normalized spacial score (nSPS) is 25.9. The van der Waals surface area contributed by atoms with Gasteiger partial charge in [0.15, 0.2) is 5.96 Å². The number of rotatable bonds is 5. The monoisotopic (exact) mass is 395 g/mol. The minimum Gasteiger partial charge on any atom is -0.381 e. The van der Waals surface area contributed by atoms with E-state index in [1.165, 1.54) is 24.8 Å². The average Bonchev–Trinajstić information content (AvgIpc) is 3.13. The second-order valence-corrected chi connectivity index (χ2v) is 8.92. The van der Waals surface area contributed by atoms with Gasteiger partial charge in [0.25, 0.3) is 0 Å². The number of aliphatic imine (C=N–C) groups is 1. The quantitative estimate of drug-likeness (QED) is 0.587. The van der Waals surface area contributed by atoms with Crippen LogP contribution in [0.25, 0.3) is 0 Å². The van der Waals surface area contributed by atoms with Crippen molar-refractivity contribution in [3.63, 3.8) is 0 Å². The van der Waals surface area contributed by atoms with Gasteiger partial charge in [-0.2, -0.15) is 11.8 Å². The minimum absolute atomic E-state index is 0.0399. The predicted molar refractivity (Wildman–Crippen MR) is 113 cm³/mol. The Kier molecular flexibility index (Phi) is 7.12. The van der Waals surface area contributed by atoms with E-state index in [2.05, 4.69) is 34.0 Å². The Bertz CT molecular complexity index is 619. The third-order valence-electron chi connectivity index (χ3n) is 5.76. The van der Waals surface area contributed by atoms with Crippen molar-refractivity contribution in [2.24, 2.45) is 4.99 Å². The van der Waals surface area contributed by atoms with Crippen molar-refractivity contribution in [1.82, 2.24) is 10.6 Å². The van der Waals surface area contributed by atoms with Crippen LogP contribution in [0.5, 0.6) is 0 Å². The van der Waals surface area contributed by atoms with Crippen LogP contribution in [0.4, 0.5) is 0 Å². The number of guanidine groups is 1. The van der Waals surface area contributed by atoms with Crippen LogP contribution in [0, 0.1) is 0 Å². The number of benzene rings is 1. The molecule has 2 atom stereocenters. The molecule has 0 aromatic heterocycles. The van der Waals surface area contributed by atoms with Gasteiger partial charge in [-0.3, -0.25) is 4.99 Å². The van der Waals surface area contributed by atoms with Gasteiger partial charge in [0.05, 0.1) is 0 Å². The van der Waals surface area contributed by atoms with Gasteiger partial charge in [0.1, 0.15) is 0 Å². The van der Waals surface area contributed by atoms with Crippen LogP contribution in [0.15, 0.2) is 29.3 Å². The largest absolute Gasteiger partial charge is 0.381 e. The second kappa shape index (κ2) is 9.34. The maximum atomic E-state index is 6.27. The Morgan fingerprint density at radius 2 is 2.15 bits per heavy atom. The van der Waals surface area contributed by atoms with E-state index in [0.717, 1.165) is 48.8 Å². The van der Waals surface area contributed by atoms with Crippen molar-refractivity contribution in [1.29, 1.82) is 0 Å². The summed E-state index contributed by atoms with van der Waals surface area (Å²) in [6.07, 6.45) is 7.93. The summed E-state index contributed by atoms with van der Waals surface area (Å²) in [4.78, 5) is 4.46. The summed E-state index contributed by atoms with van der Waals surface area (Å²) in [5.74, 6) is 0.907. The molecule has 0 radical (unpaired) electrons. The van der Waals surface area contributed by atoms with Crippen LogP contribution >= 0.6 is 23.4 Å². The third kappa shape index (κ3) is 4.87. The molecule has 1 saturated heterocycles. The van der Waals surface area contributed by atoms with Gasteiger partial charge >= 0.3 is 0 Å². The van der Waals surface area contributed by atoms with Crippen molar-refractivity contribution >= 4 is 29.3 Å². The van der Waals surface area contributed by atoms with Gasteiger partial charge in [0.2, 0.25) is 0 Å². The van der Waals surface area contributed by atoms with Crippen molar-refractivity contribution < 1.29 is 4.74 Å². The third-order valence-corrected chi connectivity index (χ3v) is 7.09. The molecular formula is C20H30ClN3OS. The first-order valence-electron chi connectivity index (χ1n) is 9.49. The molecule has 2 fully saturated rings. The van der Waals surface area contributed by atoms with Crippen LogP contribution in [-0.4, -0.2) is 50.3 Å². The highest BCUT2D eigenvalue weighted by molar-refractivity contribution is 7.99. The van der Waals surface area contributed by atoms with Gasteiger partial charge < -0.3 is 15.4 Å². The Morgan fingerprint density at radius 1 is 1.35 bits per heavy atom. The molecule has 3 rings (SSSR count). The zero-order valence-electron chi connectivity index (χ0n) is 15.8. The lowest BCUT2D eigenvalue weighted by molar-refractivity contribution is 0.0513. The van der Waals surface area contributed by atoms with Crippen LogP contribution in [0.3, 0.4) is 0 Å². The molecule has 26 heavy (non-hydrogen) atoms. The second-order valence-electron chi connectivity index (χ2n) is 7.34. The lowest BCUT2D eigenvalue weighted by atomic mass is 9.74. The van der Waals surface area contributed by atoms with E-state index in [9.17, 15) is 0 Å². The highest BCUT2D eigenvalue weighted by atomic mass is 35.5. The maximum absolute atomic E-state index is 6.27. The molecule has 1 heterocycles. The van der Waals surface area contributed by atoms with Crippen LogP contribution < -0.4 is 10.6 Å². The summed E-state index contributed by atoms with van der Waals surface area (Å²) < 4.78 is 5.63. The summed E-state index contributed by atoms with van der Waals surface area (Å²) in [6, 6.07) is 8.80. The Morgan fingerprint density at radius 3 is 2.81 bits per heavy atom. The topological polar surface area (TPSA) is 45.7 Å². The lowest BCUT2D eigenvalue weighted by Gasteiger charge is -2.38. The average molecular weight is 396 g/mol. The lowest BCUT2D eigenvalue weighted by Crippen LogP contribution is -2.49. The molecule has 2 aliphatic rings. The van der Waals surface area contributed by atoms with Crippen LogP contribution in [-0.2, 0) is 10.2 Å². The molecule has 1 aliphatic carbocycles. The van der Waals surface area contributed by atoms with Crippen LogP contribution in [0.2, 0.25) is 5.02 Å². The molecule has 144 valence electrons. The van der Waals surface area contributed by atoms with Crippen molar-refractivity contribution in [3.8, 4) is 0 Å². The number of nitrogens with one attached hydrogen (secondary N) is 2. The highest BCUT2D eigenvalue weighted by Crippen LogP contribution is 2.35. The zero-order chi connectivity index (χ0) is 18.4. The summed E-state index contributed by atoms with van der Waals surface area (Å²) in [7, 11) is 1.85. The molecular weight excluding hydrogens is 366 g/mol. The van der Waals surface area contributed by atoms with Gasteiger partial charge in [-0.25, -0.2) is 0 Å². The Balaban J connectivity index is 1.65. The molecule has 0 spiro atoms. The predicted octanol–water partition coefficient (Wildman–Crippen LogP) is 3.84. The van der Waals surface area contributed by atoms with Crippen LogP contribution in [0.1, 0.15) is 37.7 Å². The molecule has 1 saturated carbocycles. The number of hydrogen-bond donors (Lipinski definition) is 2. The summed E-state index contributed by atoms with van der Waals surface area (Å²) in [6.45, 7) is 2.42. The Labute approximate surface area is 166 Å². The molecule has 0 bridgehead atoms. The number of hydrogen-bond acceptors (Lipinski definition) is 3. The summed E-state index contributed by atoms with van der Waals surface area (Å²) in [5.41, 5.74) is 1.33. The number of thioether (sulfide) groups is 1. The number of ether oxygens (including phenoxy) is 1. The van der Waals surface area contributed by atoms with Gasteiger partial charge in [0, 0.05) is 48.5 Å². The smallest absolute Gasteiger partial charge is 0.191 e. The maximum Gasteiger partial charge on any atom is 0.191 e. The van der Waals surface area contributed by atoms with E-state index in [4.69, 9.17) is 16.3 Å². The van der Waals surface area contributed by atoms with Gasteiger partial charge in [-0.05, 0) is 56.1 Å². The molecule has 1 aliphatic heterocycles. The summed E-state index contributed by atoms with van der Waals surface area (Å²) in [5, 5.41) is 8.78. The summed E-state index contributed by atoms with van der Waals surface area (Å²) >= 11 is 8.25. The van der Waals surface area contributed by atoms with Crippen molar-refractivity contribution in [2.75, 3.05) is 33.1 Å².